The third kappa shape index (κ3) is 3.25. The molecule has 1 aromatic heterocycles. The van der Waals surface area contributed by atoms with Gasteiger partial charge in [-0.3, -0.25) is 4.57 Å². The van der Waals surface area contributed by atoms with Crippen molar-refractivity contribution in [2.24, 2.45) is 0 Å². The molecule has 3 rings (SSSR count). The minimum Gasteiger partial charge on any atom is -0.494 e. The molecule has 0 saturated heterocycles. The topological polar surface area (TPSA) is 61.4 Å². The van der Waals surface area contributed by atoms with Gasteiger partial charge in [0.1, 0.15) is 5.75 Å². The summed E-state index contributed by atoms with van der Waals surface area (Å²) in [6, 6.07) is 13.2. The molecule has 3 aromatic rings. The number of aromatic nitrogens is 1. The maximum atomic E-state index is 12.1. The number of nitrogens with zero attached hydrogens (tertiary/aromatic N) is 1. The zero-order valence-electron chi connectivity index (χ0n) is 13.7. The predicted octanol–water partition coefficient (Wildman–Crippen LogP) is 3.04. The van der Waals surface area contributed by atoms with Crippen molar-refractivity contribution >= 4 is 10.9 Å². The Hall–Kier alpha value is -2.82. The van der Waals surface area contributed by atoms with E-state index in [1.807, 2.05) is 44.2 Å². The molecule has 0 aliphatic heterocycles. The summed E-state index contributed by atoms with van der Waals surface area (Å²) in [4.78, 5) is 23.9. The van der Waals surface area contributed by atoms with Gasteiger partial charge in [-0.05, 0) is 49.6 Å². The molecule has 5 nitrogen and oxygen atoms in total. The van der Waals surface area contributed by atoms with Crippen molar-refractivity contribution in [3.05, 3.63) is 74.6 Å². The third-order valence-corrected chi connectivity index (χ3v) is 3.91. The van der Waals surface area contributed by atoms with Gasteiger partial charge in [-0.2, -0.15) is 0 Å². The van der Waals surface area contributed by atoms with Crippen molar-refractivity contribution in [2.45, 2.75) is 26.8 Å². The van der Waals surface area contributed by atoms with Crippen LogP contribution in [-0.4, -0.2) is 11.2 Å². The molecule has 1 heterocycles. The monoisotopic (exact) mass is 325 g/mol. The number of fused-ring (bicyclic) bond motifs is 1. The van der Waals surface area contributed by atoms with E-state index in [4.69, 9.17) is 9.15 Å². The lowest BCUT2D eigenvalue weighted by Crippen LogP contribution is -2.26. The third-order valence-electron chi connectivity index (χ3n) is 3.91. The predicted molar refractivity (Wildman–Crippen MR) is 92.8 cm³/mol. The quantitative estimate of drug-likeness (QED) is 0.677. The van der Waals surface area contributed by atoms with Gasteiger partial charge >= 0.3 is 11.4 Å². The summed E-state index contributed by atoms with van der Waals surface area (Å²) in [6.45, 7) is 4.78. The second kappa shape index (κ2) is 6.74. The minimum absolute atomic E-state index is 0.425. The number of rotatable bonds is 5. The van der Waals surface area contributed by atoms with Crippen molar-refractivity contribution in [2.75, 3.05) is 6.61 Å². The lowest BCUT2D eigenvalue weighted by molar-refractivity contribution is 0.296. The zero-order chi connectivity index (χ0) is 17.1. The van der Waals surface area contributed by atoms with Crippen molar-refractivity contribution in [3.8, 4) is 5.75 Å². The number of ether oxygens (including phenoxy) is 1. The summed E-state index contributed by atoms with van der Waals surface area (Å²) in [5.41, 5.74) is 2.05. The van der Waals surface area contributed by atoms with Crippen LogP contribution >= 0.6 is 0 Å². The van der Waals surface area contributed by atoms with Crippen LogP contribution in [0, 0.1) is 13.8 Å². The van der Waals surface area contributed by atoms with Crippen molar-refractivity contribution < 1.29 is 9.15 Å². The normalized spacial score (nSPS) is 10.9. The van der Waals surface area contributed by atoms with Gasteiger partial charge in [0.2, 0.25) is 0 Å². The van der Waals surface area contributed by atoms with E-state index in [1.54, 1.807) is 12.1 Å². The molecule has 0 N–H and O–H groups in total. The first kappa shape index (κ1) is 16.1. The standard InChI is InChI=1S/C19H19NO4/c1-13-6-3-8-15(12-13)23-11-5-10-20-17-14(2)7-4-9-16(17)18(21)24-19(20)22/h3-4,6-9,12H,5,10-11H2,1-2H3. The molecule has 2 aromatic carbocycles. The first-order chi connectivity index (χ1) is 11.6. The van der Waals surface area contributed by atoms with E-state index in [2.05, 4.69) is 0 Å². The summed E-state index contributed by atoms with van der Waals surface area (Å²) in [6.07, 6.45) is 0.630. The Morgan fingerprint density at radius 3 is 2.67 bits per heavy atom. The number of benzene rings is 2. The molecule has 0 fully saturated rings. The molecule has 24 heavy (non-hydrogen) atoms. The molecule has 0 unspecified atom stereocenters. The van der Waals surface area contributed by atoms with Crippen LogP contribution in [0.4, 0.5) is 0 Å². The molecule has 0 bridgehead atoms. The van der Waals surface area contributed by atoms with E-state index in [-0.39, 0.29) is 0 Å². The SMILES string of the molecule is Cc1cccc(OCCCn2c(=O)oc(=O)c3cccc(C)c32)c1. The second-order valence-corrected chi connectivity index (χ2v) is 5.80. The molecule has 0 atom stereocenters. The molecule has 124 valence electrons. The van der Waals surface area contributed by atoms with E-state index in [0.717, 1.165) is 16.9 Å². The van der Waals surface area contributed by atoms with Crippen LogP contribution in [-0.2, 0) is 6.54 Å². The Bertz CT molecular complexity index is 985. The number of para-hydroxylation sites is 1. The van der Waals surface area contributed by atoms with E-state index in [1.165, 1.54) is 4.57 Å². The highest BCUT2D eigenvalue weighted by Crippen LogP contribution is 2.15. The van der Waals surface area contributed by atoms with E-state index < -0.39 is 11.4 Å². The summed E-state index contributed by atoms with van der Waals surface area (Å²) in [5, 5.41) is 0.425. The molecule has 0 aliphatic carbocycles. The van der Waals surface area contributed by atoms with E-state index >= 15 is 0 Å². The van der Waals surface area contributed by atoms with Gasteiger partial charge in [0.15, 0.2) is 0 Å². The van der Waals surface area contributed by atoms with Crippen LogP contribution in [0.1, 0.15) is 17.5 Å². The summed E-state index contributed by atoms with van der Waals surface area (Å²) in [7, 11) is 0. The van der Waals surface area contributed by atoms with Crippen LogP contribution in [0.3, 0.4) is 0 Å². The maximum Gasteiger partial charge on any atom is 0.422 e. The molecule has 0 amide bonds. The highest BCUT2D eigenvalue weighted by Gasteiger charge is 2.11. The maximum absolute atomic E-state index is 12.1. The van der Waals surface area contributed by atoms with Crippen molar-refractivity contribution in [1.29, 1.82) is 0 Å². The summed E-state index contributed by atoms with van der Waals surface area (Å²) < 4.78 is 12.0. The van der Waals surface area contributed by atoms with Gasteiger partial charge < -0.3 is 9.15 Å². The average Bonchev–Trinajstić information content (AvgIpc) is 2.54. The highest BCUT2D eigenvalue weighted by atomic mass is 16.5. The van der Waals surface area contributed by atoms with Crippen LogP contribution in [0.5, 0.6) is 5.75 Å². The Labute approximate surface area is 139 Å². The Kier molecular flexibility index (Phi) is 4.51. The fourth-order valence-corrected chi connectivity index (χ4v) is 2.78. The van der Waals surface area contributed by atoms with E-state index in [0.29, 0.717) is 30.5 Å². The zero-order valence-corrected chi connectivity index (χ0v) is 13.7. The van der Waals surface area contributed by atoms with Gasteiger partial charge in [0.05, 0.1) is 17.5 Å². The first-order valence-electron chi connectivity index (χ1n) is 7.89. The fraction of sp³-hybridized carbons (Fsp3) is 0.263. The second-order valence-electron chi connectivity index (χ2n) is 5.80. The van der Waals surface area contributed by atoms with Gasteiger partial charge in [0, 0.05) is 6.54 Å². The molecular weight excluding hydrogens is 306 g/mol. The van der Waals surface area contributed by atoms with E-state index in [9.17, 15) is 9.59 Å². The van der Waals surface area contributed by atoms with Crippen molar-refractivity contribution in [3.63, 3.8) is 0 Å². The van der Waals surface area contributed by atoms with Gasteiger partial charge in [-0.25, -0.2) is 9.59 Å². The Morgan fingerprint density at radius 1 is 1.08 bits per heavy atom. The van der Waals surface area contributed by atoms with Gasteiger partial charge in [-0.1, -0.05) is 24.3 Å². The number of hydrogen-bond donors (Lipinski definition) is 0. The smallest absolute Gasteiger partial charge is 0.422 e. The van der Waals surface area contributed by atoms with Crippen LogP contribution in [0.2, 0.25) is 0 Å². The van der Waals surface area contributed by atoms with Crippen molar-refractivity contribution in [1.82, 2.24) is 4.57 Å². The molecule has 5 heteroatoms. The van der Waals surface area contributed by atoms with Crippen LogP contribution in [0.15, 0.2) is 56.5 Å². The molecular formula is C19H19NO4. The van der Waals surface area contributed by atoms with Crippen LogP contribution < -0.4 is 16.1 Å². The lowest BCUT2D eigenvalue weighted by Gasteiger charge is -2.11. The Morgan fingerprint density at radius 2 is 1.88 bits per heavy atom. The molecule has 0 radical (unpaired) electrons. The Balaban J connectivity index is 1.78. The largest absolute Gasteiger partial charge is 0.494 e. The molecule has 0 spiro atoms. The molecule has 0 saturated carbocycles. The highest BCUT2D eigenvalue weighted by molar-refractivity contribution is 5.80. The van der Waals surface area contributed by atoms with Gasteiger partial charge in [0.25, 0.3) is 0 Å². The van der Waals surface area contributed by atoms with Crippen LogP contribution in [0.25, 0.3) is 10.9 Å². The van der Waals surface area contributed by atoms with Gasteiger partial charge in [-0.15, -0.1) is 0 Å². The number of aryl methyl sites for hydroxylation is 3. The summed E-state index contributed by atoms with van der Waals surface area (Å²) in [5.74, 6) is 0.181. The minimum atomic E-state index is -0.627. The lowest BCUT2D eigenvalue weighted by atomic mass is 10.1. The fourth-order valence-electron chi connectivity index (χ4n) is 2.78. The average molecular weight is 325 g/mol. The summed E-state index contributed by atoms with van der Waals surface area (Å²) >= 11 is 0. The first-order valence-corrected chi connectivity index (χ1v) is 7.89. The number of hydrogen-bond acceptors (Lipinski definition) is 4. The molecule has 0 aliphatic rings.